The van der Waals surface area contributed by atoms with E-state index in [0.29, 0.717) is 0 Å². The van der Waals surface area contributed by atoms with Gasteiger partial charge in [0.2, 0.25) is 5.13 Å². The van der Waals surface area contributed by atoms with Crippen molar-refractivity contribution >= 4 is 38.1 Å². The largest absolute Gasteiger partial charge is 0.508 e. The lowest BCUT2D eigenvalue weighted by atomic mass is 10.1. The minimum Gasteiger partial charge on any atom is -0.508 e. The molecule has 3 aromatic rings. The number of halogens is 1. The Morgan fingerprint density at radius 1 is 1.22 bits per heavy atom. The maximum atomic E-state index is 9.51. The minimum absolute atomic E-state index is 0.226. The van der Waals surface area contributed by atoms with Gasteiger partial charge in [0.1, 0.15) is 5.75 Å². The van der Waals surface area contributed by atoms with E-state index in [2.05, 4.69) is 31.4 Å². The van der Waals surface area contributed by atoms with Gasteiger partial charge in [-0.1, -0.05) is 40.2 Å². The van der Waals surface area contributed by atoms with E-state index in [4.69, 9.17) is 0 Å². The molecular weight excluding hydrogens is 374 g/mol. The fourth-order valence-corrected chi connectivity index (χ4v) is 2.93. The van der Waals surface area contributed by atoms with Crippen LogP contribution in [0.1, 0.15) is 12.5 Å². The molecule has 1 aromatic heterocycles. The number of benzene rings is 2. The Balaban J connectivity index is 1.74. The van der Waals surface area contributed by atoms with Gasteiger partial charge in [-0.05, 0) is 31.2 Å². The summed E-state index contributed by atoms with van der Waals surface area (Å²) >= 11 is 4.92. The highest BCUT2D eigenvalue weighted by atomic mass is 79.9. The van der Waals surface area contributed by atoms with Crippen molar-refractivity contribution in [1.82, 2.24) is 4.98 Å². The number of thiazole rings is 1. The van der Waals surface area contributed by atoms with Crippen LogP contribution in [0.2, 0.25) is 0 Å². The number of hydrazone groups is 1. The van der Waals surface area contributed by atoms with Crippen molar-refractivity contribution in [3.05, 3.63) is 63.9 Å². The first-order valence-electron chi connectivity index (χ1n) is 6.93. The number of nitrogens with zero attached hydrogens (tertiary/aromatic N) is 2. The monoisotopic (exact) mass is 387 g/mol. The topological polar surface area (TPSA) is 57.5 Å². The van der Waals surface area contributed by atoms with E-state index in [0.717, 1.165) is 32.1 Å². The van der Waals surface area contributed by atoms with Gasteiger partial charge in [-0.2, -0.15) is 5.10 Å². The van der Waals surface area contributed by atoms with Crippen LogP contribution in [0.4, 0.5) is 5.13 Å². The Kier molecular flexibility index (Phi) is 4.73. The first kappa shape index (κ1) is 15.7. The number of phenols is 1. The minimum atomic E-state index is 0.226. The molecule has 0 fully saturated rings. The molecule has 2 N–H and O–H groups in total. The molecule has 116 valence electrons. The first-order chi connectivity index (χ1) is 11.1. The maximum Gasteiger partial charge on any atom is 0.203 e. The molecule has 0 aliphatic heterocycles. The molecule has 4 nitrogen and oxygen atoms in total. The Labute approximate surface area is 146 Å². The zero-order valence-electron chi connectivity index (χ0n) is 12.3. The van der Waals surface area contributed by atoms with Crippen molar-refractivity contribution in [2.24, 2.45) is 5.10 Å². The summed E-state index contributed by atoms with van der Waals surface area (Å²) in [7, 11) is 0. The molecule has 0 atom stereocenters. The van der Waals surface area contributed by atoms with Gasteiger partial charge in [-0.25, -0.2) is 4.98 Å². The summed E-state index contributed by atoms with van der Waals surface area (Å²) in [6.45, 7) is 1.88. The van der Waals surface area contributed by atoms with E-state index < -0.39 is 0 Å². The van der Waals surface area contributed by atoms with Crippen LogP contribution in [0.15, 0.2) is 63.5 Å². The van der Waals surface area contributed by atoms with E-state index in [1.165, 1.54) is 11.3 Å². The Morgan fingerprint density at radius 2 is 2.00 bits per heavy atom. The number of hydrogen-bond acceptors (Lipinski definition) is 5. The summed E-state index contributed by atoms with van der Waals surface area (Å²) in [5, 5.41) is 16.5. The van der Waals surface area contributed by atoms with Gasteiger partial charge in [0, 0.05) is 21.0 Å². The molecule has 3 rings (SSSR count). The summed E-state index contributed by atoms with van der Waals surface area (Å²) in [4.78, 5) is 4.53. The average molecular weight is 388 g/mol. The van der Waals surface area contributed by atoms with Crippen LogP contribution >= 0.6 is 27.3 Å². The van der Waals surface area contributed by atoms with E-state index in [1.54, 1.807) is 18.2 Å². The van der Waals surface area contributed by atoms with Crippen molar-refractivity contribution in [2.45, 2.75) is 6.92 Å². The molecule has 0 saturated heterocycles. The zero-order valence-corrected chi connectivity index (χ0v) is 14.7. The summed E-state index contributed by atoms with van der Waals surface area (Å²) in [6, 6.07) is 15.0. The van der Waals surface area contributed by atoms with Gasteiger partial charge < -0.3 is 5.11 Å². The Bertz CT molecular complexity index is 843. The van der Waals surface area contributed by atoms with E-state index in [1.807, 2.05) is 42.6 Å². The fourth-order valence-electron chi connectivity index (χ4n) is 2.01. The normalized spacial score (nSPS) is 11.5. The lowest BCUT2D eigenvalue weighted by molar-refractivity contribution is 0.475. The highest BCUT2D eigenvalue weighted by molar-refractivity contribution is 9.10. The van der Waals surface area contributed by atoms with Crippen molar-refractivity contribution in [1.29, 1.82) is 0 Å². The van der Waals surface area contributed by atoms with Crippen molar-refractivity contribution in [3.8, 4) is 17.0 Å². The van der Waals surface area contributed by atoms with Crippen LogP contribution in [0.25, 0.3) is 11.3 Å². The van der Waals surface area contributed by atoms with E-state index in [-0.39, 0.29) is 5.75 Å². The third kappa shape index (κ3) is 3.97. The maximum absolute atomic E-state index is 9.51. The van der Waals surface area contributed by atoms with Gasteiger partial charge in [0.15, 0.2) is 0 Å². The lowest BCUT2D eigenvalue weighted by Gasteiger charge is -2.02. The summed E-state index contributed by atoms with van der Waals surface area (Å²) in [5.41, 5.74) is 6.58. The predicted octanol–water partition coefficient (Wildman–Crippen LogP) is 5.11. The molecule has 1 heterocycles. The average Bonchev–Trinajstić information content (AvgIpc) is 3.02. The lowest BCUT2D eigenvalue weighted by Crippen LogP contribution is -1.99. The number of anilines is 1. The molecular formula is C17H14BrN3OS. The highest BCUT2D eigenvalue weighted by Crippen LogP contribution is 2.26. The molecule has 0 spiro atoms. The van der Waals surface area contributed by atoms with Gasteiger partial charge >= 0.3 is 0 Å². The molecule has 0 aliphatic carbocycles. The van der Waals surface area contributed by atoms with Gasteiger partial charge in [0.05, 0.1) is 11.4 Å². The molecule has 0 amide bonds. The fraction of sp³-hybridized carbons (Fsp3) is 0.0588. The van der Waals surface area contributed by atoms with Crippen LogP contribution in [0, 0.1) is 0 Å². The number of phenolic OH excluding ortho intramolecular Hbond substituents is 1. The second-order valence-electron chi connectivity index (χ2n) is 4.90. The molecule has 23 heavy (non-hydrogen) atoms. The molecule has 0 saturated carbocycles. The number of rotatable bonds is 4. The van der Waals surface area contributed by atoms with E-state index in [9.17, 15) is 5.11 Å². The molecule has 0 unspecified atom stereocenters. The smallest absolute Gasteiger partial charge is 0.203 e. The quantitative estimate of drug-likeness (QED) is 0.482. The standard InChI is InChI=1S/C17H14BrN3OS/c1-11(13-3-2-4-15(22)9-13)20-21-17-19-16(10-23-17)12-5-7-14(18)8-6-12/h2-10,22H,1H3,(H,19,21)/b20-11+. The molecule has 2 aromatic carbocycles. The third-order valence-corrected chi connectivity index (χ3v) is 4.50. The number of nitrogens with one attached hydrogen (secondary N) is 1. The Hall–Kier alpha value is -2.18. The van der Waals surface area contributed by atoms with Crippen LogP contribution < -0.4 is 5.43 Å². The van der Waals surface area contributed by atoms with Gasteiger partial charge in [0.25, 0.3) is 0 Å². The molecule has 0 radical (unpaired) electrons. The summed E-state index contributed by atoms with van der Waals surface area (Å²) in [5.74, 6) is 0.226. The van der Waals surface area contributed by atoms with Crippen molar-refractivity contribution in [3.63, 3.8) is 0 Å². The summed E-state index contributed by atoms with van der Waals surface area (Å²) in [6.07, 6.45) is 0. The number of hydrogen-bond donors (Lipinski definition) is 2. The number of aromatic hydroxyl groups is 1. The Morgan fingerprint density at radius 3 is 2.74 bits per heavy atom. The van der Waals surface area contributed by atoms with E-state index >= 15 is 0 Å². The van der Waals surface area contributed by atoms with Crippen molar-refractivity contribution < 1.29 is 5.11 Å². The van der Waals surface area contributed by atoms with Crippen LogP contribution in [0.5, 0.6) is 5.75 Å². The van der Waals surface area contributed by atoms with Crippen LogP contribution in [0.3, 0.4) is 0 Å². The van der Waals surface area contributed by atoms with Crippen LogP contribution in [-0.4, -0.2) is 15.8 Å². The molecule has 6 heteroatoms. The first-order valence-corrected chi connectivity index (χ1v) is 8.60. The SMILES string of the molecule is C/C(=N\Nc1nc(-c2ccc(Br)cc2)cs1)c1cccc(O)c1. The second-order valence-corrected chi connectivity index (χ2v) is 6.68. The highest BCUT2D eigenvalue weighted by Gasteiger charge is 2.04. The molecule has 0 bridgehead atoms. The van der Waals surface area contributed by atoms with Gasteiger partial charge in [-0.15, -0.1) is 11.3 Å². The molecule has 0 aliphatic rings. The van der Waals surface area contributed by atoms with Gasteiger partial charge in [-0.3, -0.25) is 5.43 Å². The zero-order chi connectivity index (χ0) is 16.2. The van der Waals surface area contributed by atoms with Crippen LogP contribution in [-0.2, 0) is 0 Å². The number of aromatic nitrogens is 1. The second kappa shape index (κ2) is 6.93. The summed E-state index contributed by atoms with van der Waals surface area (Å²) < 4.78 is 1.04. The third-order valence-electron chi connectivity index (χ3n) is 3.23. The van der Waals surface area contributed by atoms with Crippen molar-refractivity contribution in [2.75, 3.05) is 5.43 Å². The predicted molar refractivity (Wildman–Crippen MR) is 99.2 cm³/mol.